The first-order valence-electron chi connectivity index (χ1n) is 19.9. The molecule has 4 aliphatic heterocycles. The van der Waals surface area contributed by atoms with Gasteiger partial charge in [-0.2, -0.15) is 0 Å². The van der Waals surface area contributed by atoms with E-state index in [1.54, 1.807) is 34.6 Å². The van der Waals surface area contributed by atoms with Crippen LogP contribution in [-0.2, 0) is 38.0 Å². The molecule has 0 aromatic heterocycles. The quantitative estimate of drug-likeness (QED) is 0.194. The lowest BCUT2D eigenvalue weighted by Crippen LogP contribution is -2.67. The molecule has 316 valence electrons. The molecule has 0 aromatic carbocycles. The predicted molar refractivity (Wildman–Crippen MR) is 198 cm³/mol. The number of carbonyl (C=O) groups is 1. The zero-order valence-corrected chi connectivity index (χ0v) is 34.8. The number of nitrogens with one attached hydrogen (secondary N) is 1. The number of hydrogen-bond acceptors (Lipinski definition) is 15. The first-order valence-corrected chi connectivity index (χ1v) is 19.9. The van der Waals surface area contributed by atoms with Gasteiger partial charge in [0.1, 0.15) is 30.1 Å². The van der Waals surface area contributed by atoms with Crippen molar-refractivity contribution in [3.8, 4) is 0 Å². The van der Waals surface area contributed by atoms with Gasteiger partial charge < -0.3 is 63.6 Å². The predicted octanol–water partition coefficient (Wildman–Crippen LogP) is 1.53. The Morgan fingerprint density at radius 2 is 1.59 bits per heavy atom. The average molecular weight is 777 g/mol. The largest absolute Gasteiger partial charge is 0.459 e. The fourth-order valence-corrected chi connectivity index (χ4v) is 9.69. The number of fused-ring (bicyclic) bond motifs is 2. The van der Waals surface area contributed by atoms with Crippen molar-refractivity contribution in [2.24, 2.45) is 23.7 Å². The van der Waals surface area contributed by atoms with Crippen LogP contribution in [0.3, 0.4) is 0 Å². The lowest BCUT2D eigenvalue weighted by molar-refractivity contribution is -0.318. The van der Waals surface area contributed by atoms with Crippen LogP contribution in [0.1, 0.15) is 94.9 Å². The Hall–Kier alpha value is -1.05. The van der Waals surface area contributed by atoms with Gasteiger partial charge in [-0.05, 0) is 80.8 Å². The summed E-state index contributed by atoms with van der Waals surface area (Å²) in [6, 6.07) is -0.645. The van der Waals surface area contributed by atoms with E-state index in [1.165, 1.54) is 7.11 Å². The van der Waals surface area contributed by atoms with Gasteiger partial charge in [-0.25, -0.2) is 0 Å². The standard InChI is InChI=1S/C39H72N2O13/c1-14-26-39(10,47)34-21(4)29(40-27(18-42)52-34)19(2)16-37(8,46)33(54-36-30(43)25(41(11)12)15-20(3)49-36)22(5)31(23(6)35(45)51-26)53-28-17-38(9,48-13)32(44)24(7)50-28/h19-34,36,40,42-44,46-47H,14-18H2,1-13H3/t19-,20-,21+,22+,23-,24+,25+,26?,27-,28+,29+,30-,31?,32+,33-,34-,36+,37-,38-,39-/m1/s1. The van der Waals surface area contributed by atoms with E-state index >= 15 is 0 Å². The first kappa shape index (κ1) is 45.6. The van der Waals surface area contributed by atoms with E-state index in [-0.39, 0.29) is 55.9 Å². The summed E-state index contributed by atoms with van der Waals surface area (Å²) in [5, 5.41) is 61.1. The molecule has 15 heteroatoms. The maximum Gasteiger partial charge on any atom is 0.311 e. The molecule has 0 amide bonds. The molecule has 0 spiro atoms. The summed E-state index contributed by atoms with van der Waals surface area (Å²) in [5.74, 6) is -3.05. The number of hydrogen-bond donors (Lipinski definition) is 6. The lowest BCUT2D eigenvalue weighted by Gasteiger charge is -2.52. The second kappa shape index (κ2) is 17.8. The van der Waals surface area contributed by atoms with Gasteiger partial charge in [0.15, 0.2) is 12.6 Å². The summed E-state index contributed by atoms with van der Waals surface area (Å²) >= 11 is 0. The van der Waals surface area contributed by atoms with Gasteiger partial charge >= 0.3 is 5.97 Å². The van der Waals surface area contributed by atoms with Crippen molar-refractivity contribution in [1.82, 2.24) is 10.2 Å². The van der Waals surface area contributed by atoms with Crippen LogP contribution in [0.25, 0.3) is 0 Å². The first-order chi connectivity index (χ1) is 25.0. The van der Waals surface area contributed by atoms with Crippen LogP contribution in [0.15, 0.2) is 0 Å². The molecule has 2 unspecified atom stereocenters. The number of carbonyl (C=O) groups excluding carboxylic acids is 1. The van der Waals surface area contributed by atoms with Crippen molar-refractivity contribution >= 4 is 5.97 Å². The average Bonchev–Trinajstić information content (AvgIpc) is 3.10. The highest BCUT2D eigenvalue weighted by Gasteiger charge is 2.55. The van der Waals surface area contributed by atoms with Crippen molar-refractivity contribution in [3.63, 3.8) is 0 Å². The molecule has 6 N–H and O–H groups in total. The highest BCUT2D eigenvalue weighted by molar-refractivity contribution is 5.73. The van der Waals surface area contributed by atoms with Crippen LogP contribution in [0.2, 0.25) is 0 Å². The van der Waals surface area contributed by atoms with E-state index in [9.17, 15) is 30.3 Å². The maximum absolute atomic E-state index is 14.4. The molecule has 0 saturated carbocycles. The van der Waals surface area contributed by atoms with Gasteiger partial charge in [0.2, 0.25) is 0 Å². The lowest BCUT2D eigenvalue weighted by atomic mass is 9.71. The second-order valence-electron chi connectivity index (χ2n) is 17.7. The zero-order chi connectivity index (χ0) is 40.7. The molecule has 20 atom stereocenters. The van der Waals surface area contributed by atoms with E-state index in [1.807, 2.05) is 53.6 Å². The Labute approximate surface area is 322 Å². The molecule has 0 radical (unpaired) electrons. The van der Waals surface area contributed by atoms with E-state index in [0.29, 0.717) is 6.42 Å². The molecule has 4 saturated heterocycles. The Morgan fingerprint density at radius 3 is 2.17 bits per heavy atom. The molecule has 4 aliphatic rings. The molecule has 2 bridgehead atoms. The highest BCUT2D eigenvalue weighted by atomic mass is 16.7. The Kier molecular flexibility index (Phi) is 15.1. The van der Waals surface area contributed by atoms with E-state index in [2.05, 4.69) is 5.32 Å². The monoisotopic (exact) mass is 777 g/mol. The Morgan fingerprint density at radius 1 is 0.944 bits per heavy atom. The van der Waals surface area contributed by atoms with E-state index in [0.717, 1.165) is 0 Å². The van der Waals surface area contributed by atoms with Crippen LogP contribution in [-0.4, -0.2) is 161 Å². The Bertz CT molecular complexity index is 1220. The molecule has 0 aliphatic carbocycles. The molecule has 4 fully saturated rings. The van der Waals surface area contributed by atoms with Crippen molar-refractivity contribution < 1.29 is 63.5 Å². The number of ether oxygens (including phenoxy) is 7. The van der Waals surface area contributed by atoms with Crippen LogP contribution < -0.4 is 5.32 Å². The third-order valence-electron chi connectivity index (χ3n) is 12.9. The number of aliphatic hydroxyl groups is 5. The van der Waals surface area contributed by atoms with E-state index in [4.69, 9.17) is 33.2 Å². The van der Waals surface area contributed by atoms with Gasteiger partial charge in [-0.1, -0.05) is 27.7 Å². The number of aliphatic hydroxyl groups excluding tert-OH is 3. The minimum atomic E-state index is -1.66. The van der Waals surface area contributed by atoms with Gasteiger partial charge in [0, 0.05) is 37.5 Å². The van der Waals surface area contributed by atoms with Gasteiger partial charge in [0.25, 0.3) is 0 Å². The third-order valence-corrected chi connectivity index (χ3v) is 12.9. The fraction of sp³-hybridized carbons (Fsp3) is 0.974. The third kappa shape index (κ3) is 9.46. The summed E-state index contributed by atoms with van der Waals surface area (Å²) in [4.78, 5) is 16.3. The summed E-state index contributed by atoms with van der Waals surface area (Å²) in [6.45, 7) is 17.5. The molecular formula is C39H72N2O13. The SMILES string of the molecule is CCC1OC(=O)[C@H](C)C(O[C@H]2C[C@@](C)(OC)[C@@H](O)[C@H](C)O2)[C@H](C)[C@@H](O[C@@H]2O[C@H](C)C[C@H](N(C)C)[C@H]2O)[C@](C)(O)C[C@@H](C)[C@@H]2N[C@@H](CO)O[C@H]([C@H]2C)[C@]1(C)O. The smallest absolute Gasteiger partial charge is 0.311 e. The van der Waals surface area contributed by atoms with Crippen molar-refractivity contribution in [2.45, 2.75) is 191 Å². The summed E-state index contributed by atoms with van der Waals surface area (Å²) in [6.07, 6.45) is -8.63. The number of esters is 1. The van der Waals surface area contributed by atoms with Crippen LogP contribution in [0.4, 0.5) is 0 Å². The van der Waals surface area contributed by atoms with E-state index < -0.39 is 96.1 Å². The van der Waals surface area contributed by atoms with Gasteiger partial charge in [0.05, 0.1) is 54.2 Å². The van der Waals surface area contributed by atoms with Crippen LogP contribution in [0.5, 0.6) is 0 Å². The number of nitrogens with zero attached hydrogens (tertiary/aromatic N) is 1. The van der Waals surface area contributed by atoms with Crippen molar-refractivity contribution in [2.75, 3.05) is 27.8 Å². The normalized spacial score (nSPS) is 51.4. The van der Waals surface area contributed by atoms with Crippen molar-refractivity contribution in [3.05, 3.63) is 0 Å². The Balaban J connectivity index is 1.85. The number of cyclic esters (lactones) is 1. The number of methoxy groups -OCH3 is 1. The van der Waals surface area contributed by atoms with Crippen LogP contribution in [0, 0.1) is 23.7 Å². The maximum atomic E-state index is 14.4. The molecule has 54 heavy (non-hydrogen) atoms. The fourth-order valence-electron chi connectivity index (χ4n) is 9.69. The van der Waals surface area contributed by atoms with Gasteiger partial charge in [-0.3, -0.25) is 10.1 Å². The molecule has 4 heterocycles. The molecular weight excluding hydrogens is 704 g/mol. The molecule has 0 aromatic rings. The number of rotatable bonds is 8. The molecule has 15 nitrogen and oxygen atoms in total. The number of likely N-dealkylation sites (N-methyl/N-ethyl adjacent to an activating group) is 1. The molecule has 4 rings (SSSR count). The highest BCUT2D eigenvalue weighted by Crippen LogP contribution is 2.42. The minimum absolute atomic E-state index is 0.133. The second-order valence-corrected chi connectivity index (χ2v) is 17.7. The summed E-state index contributed by atoms with van der Waals surface area (Å²) in [5.41, 5.74) is -4.31. The van der Waals surface area contributed by atoms with Crippen molar-refractivity contribution in [1.29, 1.82) is 0 Å². The van der Waals surface area contributed by atoms with Crippen LogP contribution >= 0.6 is 0 Å². The summed E-state index contributed by atoms with van der Waals surface area (Å²) in [7, 11) is 5.28. The van der Waals surface area contributed by atoms with Gasteiger partial charge in [-0.15, -0.1) is 0 Å². The zero-order valence-electron chi connectivity index (χ0n) is 34.8. The summed E-state index contributed by atoms with van der Waals surface area (Å²) < 4.78 is 44.1. The minimum Gasteiger partial charge on any atom is -0.459 e. The topological polar surface area (TPSA) is 198 Å².